The minimum absolute atomic E-state index is 0.0790. The third-order valence-electron chi connectivity index (χ3n) is 5.69. The van der Waals surface area contributed by atoms with Crippen LogP contribution in [0.3, 0.4) is 0 Å². The second-order valence-corrected chi connectivity index (χ2v) is 9.88. The van der Waals surface area contributed by atoms with Crippen LogP contribution in [0.1, 0.15) is 21.5 Å². The average Bonchev–Trinajstić information content (AvgIpc) is 2.84. The minimum atomic E-state index is -3.39. The molecule has 0 aliphatic carbocycles. The second-order valence-electron chi connectivity index (χ2n) is 7.91. The Hall–Kier alpha value is -2.46. The third kappa shape index (κ3) is 5.86. The molecule has 0 atom stereocenters. The topological polar surface area (TPSA) is 88.2 Å². The molecular formula is C23H29N3O5S. The lowest BCUT2D eigenvalue weighted by Crippen LogP contribution is -2.41. The van der Waals surface area contributed by atoms with Crippen molar-refractivity contribution < 1.29 is 22.7 Å². The summed E-state index contributed by atoms with van der Waals surface area (Å²) >= 11 is 0. The van der Waals surface area contributed by atoms with Crippen molar-refractivity contribution >= 4 is 21.6 Å². The van der Waals surface area contributed by atoms with Gasteiger partial charge in [-0.25, -0.2) is 8.42 Å². The maximum absolute atomic E-state index is 12.5. The van der Waals surface area contributed by atoms with Crippen LogP contribution in [0.15, 0.2) is 48.5 Å². The van der Waals surface area contributed by atoms with Gasteiger partial charge in [-0.3, -0.25) is 4.79 Å². The maximum Gasteiger partial charge on any atom is 0.251 e. The molecule has 0 bridgehead atoms. The number of ether oxygens (including phenoxy) is 2. The van der Waals surface area contributed by atoms with Gasteiger partial charge in [0.1, 0.15) is 0 Å². The third-order valence-corrected chi connectivity index (χ3v) is 7.54. The van der Waals surface area contributed by atoms with Gasteiger partial charge in [0, 0.05) is 44.0 Å². The first-order valence-electron chi connectivity index (χ1n) is 10.9. The van der Waals surface area contributed by atoms with Crippen molar-refractivity contribution in [2.45, 2.75) is 12.3 Å². The number of nitrogens with one attached hydrogen (secondary N) is 1. The summed E-state index contributed by atoms with van der Waals surface area (Å²) < 4.78 is 37.1. The van der Waals surface area contributed by atoms with Gasteiger partial charge in [0.05, 0.1) is 32.2 Å². The molecule has 172 valence electrons. The fraction of sp³-hybridized carbons (Fsp3) is 0.435. The van der Waals surface area contributed by atoms with E-state index in [9.17, 15) is 13.2 Å². The highest BCUT2D eigenvalue weighted by Crippen LogP contribution is 2.17. The van der Waals surface area contributed by atoms with Crippen molar-refractivity contribution in [2.24, 2.45) is 0 Å². The van der Waals surface area contributed by atoms with E-state index in [0.717, 1.165) is 37.6 Å². The van der Waals surface area contributed by atoms with E-state index in [1.54, 1.807) is 24.3 Å². The van der Waals surface area contributed by atoms with Crippen LogP contribution in [0.4, 0.5) is 5.69 Å². The highest BCUT2D eigenvalue weighted by Gasteiger charge is 2.24. The number of carbonyl (C=O) groups is 1. The molecule has 0 saturated carbocycles. The average molecular weight is 460 g/mol. The van der Waals surface area contributed by atoms with Gasteiger partial charge >= 0.3 is 0 Å². The molecule has 4 rings (SSSR count). The van der Waals surface area contributed by atoms with Crippen molar-refractivity contribution in [2.75, 3.05) is 57.5 Å². The number of benzene rings is 2. The van der Waals surface area contributed by atoms with Crippen LogP contribution in [0, 0.1) is 0 Å². The van der Waals surface area contributed by atoms with Crippen LogP contribution in [0.2, 0.25) is 0 Å². The van der Waals surface area contributed by atoms with Crippen LogP contribution in [0.25, 0.3) is 0 Å². The van der Waals surface area contributed by atoms with Gasteiger partial charge in [0.2, 0.25) is 10.0 Å². The Morgan fingerprint density at radius 3 is 2.00 bits per heavy atom. The molecule has 2 aromatic carbocycles. The Labute approximate surface area is 189 Å². The van der Waals surface area contributed by atoms with E-state index < -0.39 is 10.0 Å². The van der Waals surface area contributed by atoms with E-state index in [0.29, 0.717) is 44.0 Å². The number of carbonyl (C=O) groups excluding carboxylic acids is 1. The molecule has 32 heavy (non-hydrogen) atoms. The lowest BCUT2D eigenvalue weighted by molar-refractivity contribution is 0.0729. The number of anilines is 1. The molecule has 9 heteroatoms. The Morgan fingerprint density at radius 2 is 1.38 bits per heavy atom. The highest BCUT2D eigenvalue weighted by atomic mass is 32.2. The SMILES string of the molecule is O=C(NCc1ccc(N2CCOCC2)cc1)c1ccc(CS(=O)(=O)N2CCOCC2)cc1. The van der Waals surface area contributed by atoms with E-state index in [-0.39, 0.29) is 11.7 Å². The van der Waals surface area contributed by atoms with Gasteiger partial charge in [-0.1, -0.05) is 24.3 Å². The van der Waals surface area contributed by atoms with Crippen LogP contribution < -0.4 is 10.2 Å². The molecule has 8 nitrogen and oxygen atoms in total. The van der Waals surface area contributed by atoms with E-state index >= 15 is 0 Å². The first-order chi connectivity index (χ1) is 15.5. The molecule has 1 N–H and O–H groups in total. The Balaban J connectivity index is 1.29. The summed E-state index contributed by atoms with van der Waals surface area (Å²) in [5.74, 6) is -0.269. The van der Waals surface area contributed by atoms with Crippen LogP contribution in [-0.4, -0.2) is 71.2 Å². The fourth-order valence-corrected chi connectivity index (χ4v) is 5.31. The van der Waals surface area contributed by atoms with E-state index in [1.165, 1.54) is 4.31 Å². The Kier molecular flexibility index (Phi) is 7.41. The lowest BCUT2D eigenvalue weighted by atomic mass is 10.1. The highest BCUT2D eigenvalue weighted by molar-refractivity contribution is 7.88. The molecule has 2 saturated heterocycles. The van der Waals surface area contributed by atoms with Crippen molar-refractivity contribution in [1.29, 1.82) is 0 Å². The van der Waals surface area contributed by atoms with Gasteiger partial charge in [-0.2, -0.15) is 4.31 Å². The molecule has 0 unspecified atom stereocenters. The van der Waals surface area contributed by atoms with Crippen LogP contribution in [0.5, 0.6) is 0 Å². The van der Waals surface area contributed by atoms with Gasteiger partial charge in [0.15, 0.2) is 0 Å². The number of sulfonamides is 1. The Bertz CT molecular complexity index is 997. The number of morpholine rings is 2. The molecule has 0 aromatic heterocycles. The van der Waals surface area contributed by atoms with E-state index in [2.05, 4.69) is 22.3 Å². The van der Waals surface area contributed by atoms with Crippen molar-refractivity contribution in [1.82, 2.24) is 9.62 Å². The first kappa shape index (κ1) is 22.7. The molecule has 2 aromatic rings. The number of nitrogens with zero attached hydrogens (tertiary/aromatic N) is 2. The molecule has 2 fully saturated rings. The molecule has 2 aliphatic rings. The summed E-state index contributed by atoms with van der Waals surface area (Å²) in [6.07, 6.45) is 0. The number of hydrogen-bond donors (Lipinski definition) is 1. The zero-order valence-corrected chi connectivity index (χ0v) is 18.9. The molecule has 1 amide bonds. The molecule has 2 aliphatic heterocycles. The molecular weight excluding hydrogens is 430 g/mol. The molecule has 0 radical (unpaired) electrons. The maximum atomic E-state index is 12.5. The summed E-state index contributed by atoms with van der Waals surface area (Å²) in [5, 5.41) is 2.92. The lowest BCUT2D eigenvalue weighted by Gasteiger charge is -2.28. The monoisotopic (exact) mass is 459 g/mol. The fourth-order valence-electron chi connectivity index (χ4n) is 3.81. The van der Waals surface area contributed by atoms with Gasteiger partial charge in [-0.05, 0) is 35.4 Å². The number of rotatable bonds is 7. The molecule has 2 heterocycles. The summed E-state index contributed by atoms with van der Waals surface area (Å²) in [6, 6.07) is 14.9. The zero-order valence-electron chi connectivity index (χ0n) is 18.0. The Morgan fingerprint density at radius 1 is 0.812 bits per heavy atom. The predicted molar refractivity (Wildman–Crippen MR) is 122 cm³/mol. The summed E-state index contributed by atoms with van der Waals surface area (Å²) in [6.45, 7) is 5.32. The predicted octanol–water partition coefficient (Wildman–Crippen LogP) is 1.62. The zero-order chi connectivity index (χ0) is 22.4. The second kappa shape index (κ2) is 10.4. The first-order valence-corrected chi connectivity index (χ1v) is 12.5. The van der Waals surface area contributed by atoms with Gasteiger partial charge in [0.25, 0.3) is 5.91 Å². The van der Waals surface area contributed by atoms with E-state index in [1.807, 2.05) is 12.1 Å². The number of amides is 1. The van der Waals surface area contributed by atoms with E-state index in [4.69, 9.17) is 9.47 Å². The largest absolute Gasteiger partial charge is 0.379 e. The van der Waals surface area contributed by atoms with Crippen molar-refractivity contribution in [3.05, 3.63) is 65.2 Å². The summed E-state index contributed by atoms with van der Waals surface area (Å²) in [4.78, 5) is 14.8. The normalized spacial score (nSPS) is 17.8. The van der Waals surface area contributed by atoms with Crippen LogP contribution >= 0.6 is 0 Å². The smallest absolute Gasteiger partial charge is 0.251 e. The summed E-state index contributed by atoms with van der Waals surface area (Å²) in [7, 11) is -3.39. The quantitative estimate of drug-likeness (QED) is 0.677. The van der Waals surface area contributed by atoms with Crippen molar-refractivity contribution in [3.63, 3.8) is 0 Å². The summed E-state index contributed by atoms with van der Waals surface area (Å²) in [5.41, 5.74) is 3.34. The minimum Gasteiger partial charge on any atom is -0.379 e. The standard InChI is InChI=1S/C23H29N3O5S/c27-23(24-17-19-3-7-22(8-4-19)25-9-13-30-14-10-25)21-5-1-20(2-6-21)18-32(28,29)26-11-15-31-16-12-26/h1-8H,9-18H2,(H,24,27). The van der Waals surface area contributed by atoms with Crippen LogP contribution in [-0.2, 0) is 31.8 Å². The number of hydrogen-bond acceptors (Lipinski definition) is 6. The van der Waals surface area contributed by atoms with Crippen molar-refractivity contribution in [3.8, 4) is 0 Å². The molecule has 0 spiro atoms. The van der Waals surface area contributed by atoms with Gasteiger partial charge in [-0.15, -0.1) is 0 Å². The van der Waals surface area contributed by atoms with Gasteiger partial charge < -0.3 is 19.7 Å².